The van der Waals surface area contributed by atoms with Crippen LogP contribution < -0.4 is 5.32 Å². The maximum atomic E-state index is 3.09. The van der Waals surface area contributed by atoms with E-state index in [9.17, 15) is 0 Å². The second-order valence-electron chi connectivity index (χ2n) is 3.94. The molecule has 1 heterocycles. The van der Waals surface area contributed by atoms with Crippen LogP contribution in [-0.4, -0.2) is 0 Å². The molecule has 2 heteroatoms. The Labute approximate surface area is 72.9 Å². The molecule has 1 aliphatic heterocycles. The maximum Gasteiger partial charge on any atom is 0.0104 e. The Bertz CT molecular complexity index is 186. The summed E-state index contributed by atoms with van der Waals surface area (Å²) in [5.74, 6) is 0. The van der Waals surface area contributed by atoms with E-state index < -0.39 is 0 Å². The summed E-state index contributed by atoms with van der Waals surface area (Å²) in [6.45, 7) is 6.77. The Morgan fingerprint density at radius 3 is 2.64 bits per heavy atom. The highest BCUT2D eigenvalue weighted by Gasteiger charge is 2.13. The molecule has 0 radical (unpaired) electrons. The summed E-state index contributed by atoms with van der Waals surface area (Å²) in [4.78, 5) is 1.42. The molecule has 0 spiro atoms. The van der Waals surface area contributed by atoms with Crippen molar-refractivity contribution in [2.75, 3.05) is 0 Å². The lowest BCUT2D eigenvalue weighted by Crippen LogP contribution is -2.07. The third-order valence-corrected chi connectivity index (χ3v) is 2.17. The minimum absolute atomic E-state index is 0.395. The second-order valence-corrected chi connectivity index (χ2v) is 4.97. The Morgan fingerprint density at radius 2 is 2.18 bits per heavy atom. The SMILES string of the molecule is CC(C)(C)CC1=CNC=CS1. The van der Waals surface area contributed by atoms with Crippen LogP contribution in [0.1, 0.15) is 27.2 Å². The molecule has 1 aliphatic rings. The van der Waals surface area contributed by atoms with Crippen LogP contribution in [0.4, 0.5) is 0 Å². The highest BCUT2D eigenvalue weighted by molar-refractivity contribution is 8.05. The number of hydrogen-bond donors (Lipinski definition) is 1. The first-order valence-corrected chi connectivity index (χ1v) is 4.73. The standard InChI is InChI=1S/C9H15NS/c1-9(2,3)6-8-7-10-4-5-11-8/h4-5,7,10H,6H2,1-3H3. The van der Waals surface area contributed by atoms with Crippen LogP contribution in [-0.2, 0) is 0 Å². The minimum atomic E-state index is 0.395. The highest BCUT2D eigenvalue weighted by atomic mass is 32.2. The van der Waals surface area contributed by atoms with E-state index in [0.717, 1.165) is 6.42 Å². The predicted octanol–water partition coefficient (Wildman–Crippen LogP) is 3.07. The van der Waals surface area contributed by atoms with Gasteiger partial charge in [0.15, 0.2) is 0 Å². The number of hydrogen-bond acceptors (Lipinski definition) is 2. The van der Waals surface area contributed by atoms with Gasteiger partial charge < -0.3 is 5.32 Å². The lowest BCUT2D eigenvalue weighted by atomic mass is 9.92. The topological polar surface area (TPSA) is 12.0 Å². The van der Waals surface area contributed by atoms with Gasteiger partial charge in [-0.1, -0.05) is 32.5 Å². The van der Waals surface area contributed by atoms with Crippen LogP contribution in [0.5, 0.6) is 0 Å². The molecule has 11 heavy (non-hydrogen) atoms. The summed E-state index contributed by atoms with van der Waals surface area (Å²) in [6.07, 6.45) is 5.18. The average Bonchev–Trinajstić information content (AvgIpc) is 1.85. The quantitative estimate of drug-likeness (QED) is 0.647. The fourth-order valence-corrected chi connectivity index (χ4v) is 1.93. The van der Waals surface area contributed by atoms with Gasteiger partial charge in [0.2, 0.25) is 0 Å². The first-order chi connectivity index (χ1) is 5.08. The van der Waals surface area contributed by atoms with Crippen molar-refractivity contribution in [1.82, 2.24) is 5.32 Å². The summed E-state index contributed by atoms with van der Waals surface area (Å²) in [5.41, 5.74) is 0.395. The summed E-state index contributed by atoms with van der Waals surface area (Å²) in [7, 11) is 0. The molecule has 62 valence electrons. The third kappa shape index (κ3) is 3.51. The van der Waals surface area contributed by atoms with E-state index in [4.69, 9.17) is 0 Å². The lowest BCUT2D eigenvalue weighted by molar-refractivity contribution is 0.417. The average molecular weight is 169 g/mol. The summed E-state index contributed by atoms with van der Waals surface area (Å²) in [6, 6.07) is 0. The van der Waals surface area contributed by atoms with Gasteiger partial charge in [-0.2, -0.15) is 0 Å². The van der Waals surface area contributed by atoms with E-state index in [1.807, 2.05) is 18.0 Å². The lowest BCUT2D eigenvalue weighted by Gasteiger charge is -2.20. The zero-order chi connectivity index (χ0) is 8.32. The van der Waals surface area contributed by atoms with Crippen molar-refractivity contribution >= 4 is 11.8 Å². The molecule has 0 fully saturated rings. The van der Waals surface area contributed by atoms with Gasteiger partial charge in [-0.3, -0.25) is 0 Å². The number of nitrogens with one attached hydrogen (secondary N) is 1. The van der Waals surface area contributed by atoms with Crippen LogP contribution in [0.2, 0.25) is 0 Å². The molecule has 1 rings (SSSR count). The Morgan fingerprint density at radius 1 is 1.45 bits per heavy atom. The number of allylic oxidation sites excluding steroid dienone is 1. The Hall–Kier alpha value is -0.370. The summed E-state index contributed by atoms with van der Waals surface area (Å²) < 4.78 is 0. The van der Waals surface area contributed by atoms with Gasteiger partial charge >= 0.3 is 0 Å². The van der Waals surface area contributed by atoms with Gasteiger partial charge in [-0.15, -0.1) is 0 Å². The summed E-state index contributed by atoms with van der Waals surface area (Å²) in [5, 5.41) is 5.18. The van der Waals surface area contributed by atoms with Crippen molar-refractivity contribution in [2.24, 2.45) is 5.41 Å². The van der Waals surface area contributed by atoms with Crippen LogP contribution >= 0.6 is 11.8 Å². The third-order valence-electron chi connectivity index (χ3n) is 1.33. The fraction of sp³-hybridized carbons (Fsp3) is 0.556. The van der Waals surface area contributed by atoms with E-state index >= 15 is 0 Å². The molecule has 0 unspecified atom stereocenters. The smallest absolute Gasteiger partial charge is 0.0104 e. The fourth-order valence-electron chi connectivity index (χ4n) is 0.951. The van der Waals surface area contributed by atoms with Gasteiger partial charge in [-0.05, 0) is 17.2 Å². The molecule has 0 saturated carbocycles. The van der Waals surface area contributed by atoms with E-state index in [0.29, 0.717) is 5.41 Å². The van der Waals surface area contributed by atoms with Crippen LogP contribution in [0.15, 0.2) is 22.7 Å². The summed E-state index contributed by atoms with van der Waals surface area (Å²) >= 11 is 1.81. The molecule has 0 bridgehead atoms. The van der Waals surface area contributed by atoms with Crippen molar-refractivity contribution < 1.29 is 0 Å². The van der Waals surface area contributed by atoms with E-state index in [1.54, 1.807) is 0 Å². The molecule has 0 aromatic heterocycles. The first kappa shape index (κ1) is 8.72. The Kier molecular flexibility index (Phi) is 2.66. The molecule has 0 aliphatic carbocycles. The van der Waals surface area contributed by atoms with Gasteiger partial charge in [0, 0.05) is 17.3 Å². The van der Waals surface area contributed by atoms with Gasteiger partial charge in [-0.25, -0.2) is 0 Å². The molecule has 0 amide bonds. The Balaban J connectivity index is 2.44. The monoisotopic (exact) mass is 169 g/mol. The molecular formula is C9H15NS. The van der Waals surface area contributed by atoms with Crippen molar-refractivity contribution in [1.29, 1.82) is 0 Å². The maximum absolute atomic E-state index is 3.09. The van der Waals surface area contributed by atoms with Gasteiger partial charge in [0.25, 0.3) is 0 Å². The van der Waals surface area contributed by atoms with E-state index in [1.165, 1.54) is 4.91 Å². The molecule has 0 aromatic carbocycles. The van der Waals surface area contributed by atoms with Crippen LogP contribution in [0.3, 0.4) is 0 Å². The molecule has 0 atom stereocenters. The van der Waals surface area contributed by atoms with E-state index in [2.05, 4.69) is 37.7 Å². The van der Waals surface area contributed by atoms with Crippen molar-refractivity contribution in [2.45, 2.75) is 27.2 Å². The van der Waals surface area contributed by atoms with Crippen molar-refractivity contribution in [3.8, 4) is 0 Å². The van der Waals surface area contributed by atoms with Crippen LogP contribution in [0, 0.1) is 5.41 Å². The van der Waals surface area contributed by atoms with Gasteiger partial charge in [0.05, 0.1) is 0 Å². The van der Waals surface area contributed by atoms with Gasteiger partial charge in [0.1, 0.15) is 0 Å². The predicted molar refractivity (Wildman–Crippen MR) is 52.0 cm³/mol. The van der Waals surface area contributed by atoms with Crippen molar-refractivity contribution in [3.63, 3.8) is 0 Å². The largest absolute Gasteiger partial charge is 0.366 e. The van der Waals surface area contributed by atoms with Crippen LogP contribution in [0.25, 0.3) is 0 Å². The molecule has 0 saturated heterocycles. The van der Waals surface area contributed by atoms with Crippen molar-refractivity contribution in [3.05, 3.63) is 22.7 Å². The molecule has 1 nitrogen and oxygen atoms in total. The first-order valence-electron chi connectivity index (χ1n) is 3.85. The molecule has 0 aromatic rings. The molecular weight excluding hydrogens is 154 g/mol. The zero-order valence-corrected chi connectivity index (χ0v) is 8.16. The number of rotatable bonds is 1. The molecule has 1 N–H and O–H groups in total. The second kappa shape index (κ2) is 3.35. The highest BCUT2D eigenvalue weighted by Crippen LogP contribution is 2.31. The zero-order valence-electron chi connectivity index (χ0n) is 7.35. The van der Waals surface area contributed by atoms with E-state index in [-0.39, 0.29) is 0 Å². The normalized spacial score (nSPS) is 17.5. The minimum Gasteiger partial charge on any atom is -0.366 e. The number of thioether (sulfide) groups is 1.